The lowest BCUT2D eigenvalue weighted by Gasteiger charge is -2.10. The highest BCUT2D eigenvalue weighted by Crippen LogP contribution is 2.06. The van der Waals surface area contributed by atoms with Gasteiger partial charge < -0.3 is 0 Å². The van der Waals surface area contributed by atoms with Gasteiger partial charge in [0.25, 0.3) is 0 Å². The van der Waals surface area contributed by atoms with E-state index in [0.717, 1.165) is 5.32 Å². The molecule has 1 heterocycles. The van der Waals surface area contributed by atoms with E-state index in [2.05, 4.69) is 30.0 Å². The van der Waals surface area contributed by atoms with Crippen LogP contribution in [0, 0.1) is 5.82 Å². The maximum atomic E-state index is 13.2. The number of halogens is 1. The van der Waals surface area contributed by atoms with Gasteiger partial charge in [-0.1, -0.05) is 36.4 Å². The summed E-state index contributed by atoms with van der Waals surface area (Å²) >= 11 is 0. The Morgan fingerprint density at radius 2 is 2.00 bits per heavy atom. The maximum absolute atomic E-state index is 13.2. The SMILES string of the molecule is [B]c1ccc(F)cc1-n1cc([Si](C)(C)C)nn1. The fraction of sp³-hybridized carbons (Fsp3) is 0.273. The Morgan fingerprint density at radius 1 is 1.29 bits per heavy atom. The molecule has 0 aliphatic rings. The summed E-state index contributed by atoms with van der Waals surface area (Å²) in [5, 5.41) is 9.11. The largest absolute Gasteiger partial charge is 0.221 e. The number of aromatic nitrogens is 3. The number of nitrogens with zero attached hydrogens (tertiary/aromatic N) is 3. The van der Waals surface area contributed by atoms with Crippen LogP contribution in [-0.2, 0) is 0 Å². The van der Waals surface area contributed by atoms with Gasteiger partial charge in [0.15, 0.2) is 0 Å². The number of rotatable bonds is 2. The molecule has 0 spiro atoms. The van der Waals surface area contributed by atoms with Crippen molar-refractivity contribution in [2.75, 3.05) is 0 Å². The lowest BCUT2D eigenvalue weighted by molar-refractivity contribution is 0.625. The minimum atomic E-state index is -1.51. The molecule has 1 aromatic heterocycles. The van der Waals surface area contributed by atoms with Gasteiger partial charge >= 0.3 is 0 Å². The average molecular weight is 245 g/mol. The highest BCUT2D eigenvalue weighted by molar-refractivity contribution is 6.88. The second-order valence-electron chi connectivity index (χ2n) is 5.00. The number of hydrogen-bond acceptors (Lipinski definition) is 2. The third-order valence-electron chi connectivity index (χ3n) is 2.50. The van der Waals surface area contributed by atoms with E-state index in [9.17, 15) is 4.39 Å². The normalized spacial score (nSPS) is 11.8. The molecule has 0 bridgehead atoms. The lowest BCUT2D eigenvalue weighted by Crippen LogP contribution is -2.38. The topological polar surface area (TPSA) is 30.7 Å². The molecule has 6 heteroatoms. The molecule has 17 heavy (non-hydrogen) atoms. The van der Waals surface area contributed by atoms with Crippen LogP contribution in [0.25, 0.3) is 5.69 Å². The highest BCUT2D eigenvalue weighted by atomic mass is 28.3. The molecule has 0 N–H and O–H groups in total. The molecule has 0 unspecified atom stereocenters. The van der Waals surface area contributed by atoms with E-state index in [1.807, 2.05) is 6.20 Å². The van der Waals surface area contributed by atoms with Crippen LogP contribution in [0.1, 0.15) is 0 Å². The van der Waals surface area contributed by atoms with Gasteiger partial charge in [-0.05, 0) is 12.1 Å². The molecule has 1 aromatic carbocycles. The Balaban J connectivity index is 2.47. The summed E-state index contributed by atoms with van der Waals surface area (Å²) in [6, 6.07) is 4.22. The van der Waals surface area contributed by atoms with E-state index in [1.165, 1.54) is 22.9 Å². The van der Waals surface area contributed by atoms with Gasteiger partial charge in [0.05, 0.1) is 11.0 Å². The van der Waals surface area contributed by atoms with Crippen LogP contribution >= 0.6 is 0 Å². The molecule has 0 amide bonds. The predicted octanol–water partition coefficient (Wildman–Crippen LogP) is 0.745. The van der Waals surface area contributed by atoms with Crippen LogP contribution in [0.5, 0.6) is 0 Å². The van der Waals surface area contributed by atoms with Crippen molar-refractivity contribution in [3.8, 4) is 5.69 Å². The van der Waals surface area contributed by atoms with E-state index in [4.69, 9.17) is 7.85 Å². The molecular weight excluding hydrogens is 232 g/mol. The molecule has 2 radical (unpaired) electrons. The van der Waals surface area contributed by atoms with Crippen LogP contribution < -0.4 is 10.8 Å². The number of benzene rings is 1. The summed E-state index contributed by atoms with van der Waals surface area (Å²) < 4.78 is 14.7. The van der Waals surface area contributed by atoms with E-state index in [-0.39, 0.29) is 5.82 Å². The molecule has 0 aliphatic heterocycles. The van der Waals surface area contributed by atoms with E-state index < -0.39 is 8.07 Å². The molecule has 0 fully saturated rings. The fourth-order valence-corrected chi connectivity index (χ4v) is 2.29. The maximum Gasteiger partial charge on any atom is 0.125 e. The van der Waals surface area contributed by atoms with Crippen LogP contribution in [0.2, 0.25) is 19.6 Å². The summed E-state index contributed by atoms with van der Waals surface area (Å²) in [6.07, 6.45) is 1.83. The van der Waals surface area contributed by atoms with Crippen molar-refractivity contribution >= 4 is 26.7 Å². The van der Waals surface area contributed by atoms with Crippen molar-refractivity contribution in [2.45, 2.75) is 19.6 Å². The first-order chi connectivity index (χ1) is 7.88. The summed E-state index contributed by atoms with van der Waals surface area (Å²) in [7, 11) is 4.29. The molecule has 3 nitrogen and oxygen atoms in total. The van der Waals surface area contributed by atoms with E-state index >= 15 is 0 Å². The van der Waals surface area contributed by atoms with Gasteiger partial charge in [-0.2, -0.15) is 0 Å². The minimum Gasteiger partial charge on any atom is -0.221 e. The van der Waals surface area contributed by atoms with Crippen LogP contribution in [0.15, 0.2) is 24.4 Å². The second kappa shape index (κ2) is 4.10. The summed E-state index contributed by atoms with van der Waals surface area (Å²) in [5.74, 6) is -0.334. The zero-order valence-electron chi connectivity index (χ0n) is 10.1. The van der Waals surface area contributed by atoms with Gasteiger partial charge in [0.2, 0.25) is 0 Å². The molecule has 0 aliphatic carbocycles. The average Bonchev–Trinajstić information content (AvgIpc) is 2.70. The van der Waals surface area contributed by atoms with Gasteiger partial charge in [-0.15, -0.1) is 5.10 Å². The molecular formula is C11H13BFN3Si. The molecule has 86 valence electrons. The standard InChI is InChI=1S/C11H13BFN3Si/c1-17(2,3)11-7-16(15-14-11)10-6-8(13)4-5-9(10)12/h4-7H,1-3H3. The Kier molecular flexibility index (Phi) is 2.91. The smallest absolute Gasteiger partial charge is 0.125 e. The first kappa shape index (κ1) is 12.0. The van der Waals surface area contributed by atoms with Crippen molar-refractivity contribution in [3.05, 3.63) is 30.2 Å². The zero-order valence-corrected chi connectivity index (χ0v) is 11.1. The third-order valence-corrected chi connectivity index (χ3v) is 4.27. The fourth-order valence-electron chi connectivity index (χ4n) is 1.44. The molecule has 0 saturated heterocycles. The van der Waals surface area contributed by atoms with Crippen molar-refractivity contribution in [1.82, 2.24) is 15.0 Å². The van der Waals surface area contributed by atoms with Crippen molar-refractivity contribution in [2.24, 2.45) is 0 Å². The molecule has 2 aromatic rings. The first-order valence-corrected chi connectivity index (χ1v) is 8.86. The van der Waals surface area contributed by atoms with Gasteiger partial charge in [-0.25, -0.2) is 9.07 Å². The van der Waals surface area contributed by atoms with Crippen molar-refractivity contribution < 1.29 is 4.39 Å². The monoisotopic (exact) mass is 245 g/mol. The lowest BCUT2D eigenvalue weighted by atomic mass is 9.94. The summed E-state index contributed by atoms with van der Waals surface area (Å²) in [6.45, 7) is 6.53. The molecule has 0 atom stereocenters. The third kappa shape index (κ3) is 2.46. The van der Waals surface area contributed by atoms with Gasteiger partial charge in [0.1, 0.15) is 21.7 Å². The quantitative estimate of drug-likeness (QED) is 0.731. The predicted molar refractivity (Wildman–Crippen MR) is 69.7 cm³/mol. The zero-order chi connectivity index (χ0) is 12.6. The number of hydrogen-bond donors (Lipinski definition) is 0. The Bertz CT molecular complexity index is 548. The second-order valence-corrected chi connectivity index (χ2v) is 10.0. The van der Waals surface area contributed by atoms with Crippen LogP contribution in [0.3, 0.4) is 0 Å². The summed E-state index contributed by atoms with van der Waals surface area (Å²) in [5.41, 5.74) is 1.01. The van der Waals surface area contributed by atoms with Gasteiger partial charge in [0, 0.05) is 6.20 Å². The Morgan fingerprint density at radius 3 is 2.59 bits per heavy atom. The Hall–Kier alpha value is -1.43. The Labute approximate surface area is 102 Å². The first-order valence-electron chi connectivity index (χ1n) is 5.36. The van der Waals surface area contributed by atoms with Crippen molar-refractivity contribution in [1.29, 1.82) is 0 Å². The van der Waals surface area contributed by atoms with E-state index in [0.29, 0.717) is 11.2 Å². The van der Waals surface area contributed by atoms with E-state index in [1.54, 1.807) is 0 Å². The molecule has 0 saturated carbocycles. The highest BCUT2D eigenvalue weighted by Gasteiger charge is 2.21. The minimum absolute atomic E-state index is 0.334. The van der Waals surface area contributed by atoms with Gasteiger partial charge in [-0.3, -0.25) is 0 Å². The summed E-state index contributed by atoms with van der Waals surface area (Å²) in [4.78, 5) is 0. The van der Waals surface area contributed by atoms with Crippen molar-refractivity contribution in [3.63, 3.8) is 0 Å². The van der Waals surface area contributed by atoms with Crippen LogP contribution in [-0.4, -0.2) is 30.9 Å². The molecule has 2 rings (SSSR count). The van der Waals surface area contributed by atoms with Crippen LogP contribution in [0.4, 0.5) is 4.39 Å².